The smallest absolute Gasteiger partial charge is 0.297 e. The van der Waals surface area contributed by atoms with Gasteiger partial charge in [0.2, 0.25) is 5.76 Å². The number of ether oxygens (including phenoxy) is 2. The lowest BCUT2D eigenvalue weighted by Gasteiger charge is -2.23. The van der Waals surface area contributed by atoms with Crippen molar-refractivity contribution in [1.82, 2.24) is 4.98 Å². The molecule has 1 unspecified atom stereocenters. The van der Waals surface area contributed by atoms with Gasteiger partial charge in [0.25, 0.3) is 5.91 Å². The van der Waals surface area contributed by atoms with Gasteiger partial charge in [-0.15, -0.1) is 11.3 Å². The number of thiazole rings is 1. The minimum Gasteiger partial charge on any atom is -0.493 e. The molecule has 2 aromatic heterocycles. The summed E-state index contributed by atoms with van der Waals surface area (Å²) in [6.45, 7) is 2.72. The molecule has 9 heteroatoms. The Morgan fingerprint density at radius 3 is 2.72 bits per heavy atom. The molecule has 0 bridgehead atoms. The summed E-state index contributed by atoms with van der Waals surface area (Å²) in [5.41, 5.74) is 0.454. The van der Waals surface area contributed by atoms with Gasteiger partial charge in [-0.3, -0.25) is 14.5 Å². The van der Waals surface area contributed by atoms with Crippen LogP contribution in [0.1, 0.15) is 60.3 Å². The van der Waals surface area contributed by atoms with E-state index in [4.69, 9.17) is 13.9 Å². The number of anilines is 1. The van der Waals surface area contributed by atoms with Crippen LogP contribution in [-0.4, -0.2) is 24.6 Å². The highest BCUT2D eigenvalue weighted by Gasteiger charge is 2.45. The monoisotopic (exact) mass is 508 g/mol. The lowest BCUT2D eigenvalue weighted by molar-refractivity contribution is 0.0971. The summed E-state index contributed by atoms with van der Waals surface area (Å²) < 4.78 is 31.4. The van der Waals surface area contributed by atoms with Crippen molar-refractivity contribution in [3.8, 4) is 11.5 Å². The first-order valence-electron chi connectivity index (χ1n) is 11.8. The molecule has 1 aliphatic heterocycles. The molecule has 36 heavy (non-hydrogen) atoms. The number of amides is 1. The molecule has 1 amide bonds. The number of rotatable bonds is 9. The normalized spacial score (nSPS) is 14.9. The molecular formula is C27H25FN2O5S. The molecule has 0 saturated carbocycles. The van der Waals surface area contributed by atoms with Crippen LogP contribution in [-0.2, 0) is 0 Å². The first-order chi connectivity index (χ1) is 17.5. The highest BCUT2D eigenvalue weighted by Crippen LogP contribution is 2.43. The second-order valence-electron chi connectivity index (χ2n) is 8.53. The maximum absolute atomic E-state index is 14.0. The van der Waals surface area contributed by atoms with Gasteiger partial charge < -0.3 is 13.9 Å². The molecule has 3 heterocycles. The molecule has 5 rings (SSSR count). The van der Waals surface area contributed by atoms with Crippen molar-refractivity contribution in [2.24, 2.45) is 0 Å². The number of benzene rings is 2. The quantitative estimate of drug-likeness (QED) is 0.254. The van der Waals surface area contributed by atoms with Crippen molar-refractivity contribution < 1.29 is 23.1 Å². The van der Waals surface area contributed by atoms with E-state index < -0.39 is 23.2 Å². The molecule has 1 atom stereocenters. The van der Waals surface area contributed by atoms with Crippen molar-refractivity contribution in [2.45, 2.75) is 38.6 Å². The number of nitrogens with zero attached hydrogens (tertiary/aromatic N) is 2. The van der Waals surface area contributed by atoms with Gasteiger partial charge in [0.1, 0.15) is 11.4 Å². The van der Waals surface area contributed by atoms with Gasteiger partial charge in [-0.05, 0) is 42.3 Å². The predicted molar refractivity (Wildman–Crippen MR) is 136 cm³/mol. The second-order valence-corrected chi connectivity index (χ2v) is 9.40. The summed E-state index contributed by atoms with van der Waals surface area (Å²) in [5.74, 6) is -0.0533. The van der Waals surface area contributed by atoms with E-state index in [0.717, 1.165) is 31.7 Å². The molecule has 0 saturated heterocycles. The molecular weight excluding hydrogens is 483 g/mol. The number of hydrogen-bond acceptors (Lipinski definition) is 7. The average Bonchev–Trinajstić information content (AvgIpc) is 3.51. The molecule has 0 N–H and O–H groups in total. The van der Waals surface area contributed by atoms with Crippen LogP contribution in [0, 0.1) is 5.82 Å². The van der Waals surface area contributed by atoms with Crippen LogP contribution >= 0.6 is 11.3 Å². The van der Waals surface area contributed by atoms with Crippen LogP contribution in [0.4, 0.5) is 9.52 Å². The molecule has 0 aliphatic carbocycles. The molecule has 0 spiro atoms. The lowest BCUT2D eigenvalue weighted by atomic mass is 9.98. The molecule has 2 aromatic carbocycles. The lowest BCUT2D eigenvalue weighted by Crippen LogP contribution is -2.29. The van der Waals surface area contributed by atoms with Crippen LogP contribution in [0.25, 0.3) is 11.0 Å². The van der Waals surface area contributed by atoms with Gasteiger partial charge in [0.05, 0.1) is 30.7 Å². The average molecular weight is 509 g/mol. The number of carbonyl (C=O) groups is 1. The number of fused-ring (bicyclic) bond motifs is 2. The molecule has 7 nitrogen and oxygen atoms in total. The second kappa shape index (κ2) is 10.1. The third-order valence-electron chi connectivity index (χ3n) is 6.22. The summed E-state index contributed by atoms with van der Waals surface area (Å²) in [7, 11) is 1.54. The topological polar surface area (TPSA) is 81.9 Å². The van der Waals surface area contributed by atoms with Crippen molar-refractivity contribution in [2.75, 3.05) is 18.6 Å². The van der Waals surface area contributed by atoms with Gasteiger partial charge in [-0.1, -0.05) is 32.3 Å². The van der Waals surface area contributed by atoms with Gasteiger partial charge in [0, 0.05) is 11.6 Å². The highest BCUT2D eigenvalue weighted by atomic mass is 32.1. The Morgan fingerprint density at radius 2 is 1.97 bits per heavy atom. The molecule has 0 radical (unpaired) electrons. The zero-order valence-corrected chi connectivity index (χ0v) is 20.8. The first kappa shape index (κ1) is 24.0. The zero-order chi connectivity index (χ0) is 25.2. The van der Waals surface area contributed by atoms with Crippen molar-refractivity contribution >= 4 is 33.3 Å². The van der Waals surface area contributed by atoms with E-state index in [2.05, 4.69) is 11.9 Å². The van der Waals surface area contributed by atoms with Gasteiger partial charge >= 0.3 is 0 Å². The predicted octanol–water partition coefficient (Wildman–Crippen LogP) is 6.11. The fourth-order valence-corrected chi connectivity index (χ4v) is 5.14. The number of unbranched alkanes of at least 4 members (excludes halogenated alkanes) is 3. The van der Waals surface area contributed by atoms with Crippen molar-refractivity contribution in [3.05, 3.63) is 80.9 Å². The Bertz CT molecular complexity index is 1470. The van der Waals surface area contributed by atoms with Crippen LogP contribution in [0.15, 0.2) is 57.2 Å². The van der Waals surface area contributed by atoms with Crippen LogP contribution < -0.4 is 19.8 Å². The first-order valence-corrected chi connectivity index (χ1v) is 12.7. The number of aromatic nitrogens is 1. The summed E-state index contributed by atoms with van der Waals surface area (Å²) in [4.78, 5) is 32.9. The Morgan fingerprint density at radius 1 is 1.11 bits per heavy atom. The third kappa shape index (κ3) is 4.24. The molecule has 1 aliphatic rings. The Labute approximate surface area is 211 Å². The standard InChI is InChI=1S/C27H25FN2O5S/c1-3-4-5-6-12-34-20-9-7-16(14-21(20)33-2)23-22-24(31)18-15-17(28)8-10-19(18)35-25(22)26(32)30(23)27-29-11-13-36-27/h7-11,13-15,23H,3-6,12H2,1-2H3. The summed E-state index contributed by atoms with van der Waals surface area (Å²) in [6, 6.07) is 8.19. The fourth-order valence-electron chi connectivity index (χ4n) is 4.48. The van der Waals surface area contributed by atoms with Gasteiger partial charge in [-0.25, -0.2) is 9.37 Å². The molecule has 4 aromatic rings. The van der Waals surface area contributed by atoms with Crippen molar-refractivity contribution in [1.29, 1.82) is 0 Å². The minimum absolute atomic E-state index is 0.0745. The Hall–Kier alpha value is -3.72. The number of methoxy groups -OCH3 is 1. The van der Waals surface area contributed by atoms with E-state index in [-0.39, 0.29) is 22.3 Å². The number of carbonyl (C=O) groups excluding carboxylic acids is 1. The number of hydrogen-bond donors (Lipinski definition) is 0. The summed E-state index contributed by atoms with van der Waals surface area (Å²) >= 11 is 1.27. The largest absolute Gasteiger partial charge is 0.493 e. The Balaban J connectivity index is 1.60. The maximum atomic E-state index is 14.0. The van der Waals surface area contributed by atoms with Crippen molar-refractivity contribution in [3.63, 3.8) is 0 Å². The van der Waals surface area contributed by atoms with E-state index in [0.29, 0.717) is 28.8 Å². The van der Waals surface area contributed by atoms with Crippen LogP contribution in [0.2, 0.25) is 0 Å². The zero-order valence-electron chi connectivity index (χ0n) is 20.0. The maximum Gasteiger partial charge on any atom is 0.297 e. The van der Waals surface area contributed by atoms with E-state index >= 15 is 0 Å². The van der Waals surface area contributed by atoms with E-state index in [1.54, 1.807) is 36.9 Å². The van der Waals surface area contributed by atoms with E-state index in [9.17, 15) is 14.0 Å². The fraction of sp³-hybridized carbons (Fsp3) is 0.296. The van der Waals surface area contributed by atoms with Gasteiger partial charge in [0.15, 0.2) is 22.1 Å². The summed E-state index contributed by atoms with van der Waals surface area (Å²) in [5, 5.41) is 2.24. The van der Waals surface area contributed by atoms with Gasteiger partial charge in [-0.2, -0.15) is 0 Å². The minimum atomic E-state index is -0.824. The number of halogens is 1. The van der Waals surface area contributed by atoms with E-state index in [1.165, 1.54) is 28.4 Å². The molecule has 0 fully saturated rings. The SMILES string of the molecule is CCCCCCOc1ccc(C2c3c(oc4ccc(F)cc4c3=O)C(=O)N2c2nccs2)cc1OC. The van der Waals surface area contributed by atoms with Crippen LogP contribution in [0.3, 0.4) is 0 Å². The van der Waals surface area contributed by atoms with Crippen LogP contribution in [0.5, 0.6) is 11.5 Å². The molecule has 186 valence electrons. The Kier molecular flexibility index (Phi) is 6.73. The van der Waals surface area contributed by atoms with E-state index in [1.807, 2.05) is 0 Å². The third-order valence-corrected chi connectivity index (χ3v) is 6.99. The highest BCUT2D eigenvalue weighted by molar-refractivity contribution is 7.13. The summed E-state index contributed by atoms with van der Waals surface area (Å²) in [6.07, 6.45) is 5.91.